The van der Waals surface area contributed by atoms with Gasteiger partial charge in [-0.15, -0.1) is 0 Å². The summed E-state index contributed by atoms with van der Waals surface area (Å²) in [7, 11) is 0. The van der Waals surface area contributed by atoms with Crippen LogP contribution in [-0.2, 0) is 16.5 Å². The molecule has 1 aliphatic heterocycles. The zero-order chi connectivity index (χ0) is 18.2. The minimum absolute atomic E-state index is 0.0123. The van der Waals surface area contributed by atoms with Gasteiger partial charge in [0.25, 0.3) is 5.91 Å². The van der Waals surface area contributed by atoms with Crippen molar-refractivity contribution < 1.29 is 22.8 Å². The molecule has 0 saturated carbocycles. The summed E-state index contributed by atoms with van der Waals surface area (Å²) >= 11 is 0. The van der Waals surface area contributed by atoms with Crippen LogP contribution in [0.1, 0.15) is 24.6 Å². The maximum Gasteiger partial charge on any atom is 0.433 e. The molecular formula is C17H14F3N3O2. The number of aromatic nitrogens is 1. The van der Waals surface area contributed by atoms with E-state index in [0.29, 0.717) is 12.0 Å². The second-order valence-electron chi connectivity index (χ2n) is 5.60. The van der Waals surface area contributed by atoms with Crippen molar-refractivity contribution in [3.05, 3.63) is 59.9 Å². The van der Waals surface area contributed by atoms with Crippen LogP contribution in [0.3, 0.4) is 0 Å². The van der Waals surface area contributed by atoms with E-state index in [0.717, 1.165) is 23.2 Å². The number of carbonyl (C=O) groups excluding carboxylic acids is 2. The molecule has 1 fully saturated rings. The van der Waals surface area contributed by atoms with Crippen molar-refractivity contribution >= 4 is 17.6 Å². The van der Waals surface area contributed by atoms with Gasteiger partial charge in [-0.2, -0.15) is 13.2 Å². The summed E-state index contributed by atoms with van der Waals surface area (Å²) < 4.78 is 37.9. The largest absolute Gasteiger partial charge is 0.433 e. The van der Waals surface area contributed by atoms with Crippen molar-refractivity contribution in [1.29, 1.82) is 0 Å². The van der Waals surface area contributed by atoms with Crippen molar-refractivity contribution in [2.24, 2.45) is 0 Å². The standard InChI is InChI=1S/C17H14F3N3O2/c1-2-16(11-6-4-3-5-7-11)14(24)23(15(25)22-16)12-8-9-13(21-10-12)17(18,19)20/h3-10H,2H2,1H3,(H,22,25). The zero-order valence-corrected chi connectivity index (χ0v) is 13.2. The summed E-state index contributed by atoms with van der Waals surface area (Å²) in [5, 5.41) is 2.66. The van der Waals surface area contributed by atoms with Gasteiger partial charge in [-0.1, -0.05) is 37.3 Å². The van der Waals surface area contributed by atoms with E-state index in [9.17, 15) is 22.8 Å². The molecule has 1 unspecified atom stereocenters. The molecule has 3 amide bonds. The summed E-state index contributed by atoms with van der Waals surface area (Å²) in [6.07, 6.45) is -3.42. The number of urea groups is 1. The summed E-state index contributed by atoms with van der Waals surface area (Å²) in [6.45, 7) is 1.75. The lowest BCUT2D eigenvalue weighted by Gasteiger charge is -2.25. The molecule has 130 valence electrons. The molecule has 1 saturated heterocycles. The normalized spacial score (nSPS) is 20.7. The maximum absolute atomic E-state index is 12.9. The lowest BCUT2D eigenvalue weighted by molar-refractivity contribution is -0.141. The molecule has 1 aliphatic rings. The number of imide groups is 1. The van der Waals surface area contributed by atoms with Gasteiger partial charge < -0.3 is 5.32 Å². The molecule has 2 heterocycles. The van der Waals surface area contributed by atoms with Gasteiger partial charge in [0.1, 0.15) is 11.2 Å². The van der Waals surface area contributed by atoms with E-state index in [-0.39, 0.29) is 5.69 Å². The van der Waals surface area contributed by atoms with Crippen LogP contribution < -0.4 is 10.2 Å². The Balaban J connectivity index is 1.99. The second-order valence-corrected chi connectivity index (χ2v) is 5.60. The molecular weight excluding hydrogens is 335 g/mol. The Morgan fingerprint density at radius 2 is 1.80 bits per heavy atom. The van der Waals surface area contributed by atoms with Gasteiger partial charge in [0.2, 0.25) is 0 Å². The molecule has 0 spiro atoms. The van der Waals surface area contributed by atoms with Gasteiger partial charge in [0.05, 0.1) is 11.9 Å². The number of anilines is 1. The molecule has 0 radical (unpaired) electrons. The highest BCUT2D eigenvalue weighted by Crippen LogP contribution is 2.35. The number of pyridine rings is 1. The summed E-state index contributed by atoms with van der Waals surface area (Å²) in [5.74, 6) is -0.548. The fourth-order valence-electron chi connectivity index (χ4n) is 2.86. The highest BCUT2D eigenvalue weighted by molar-refractivity contribution is 6.23. The minimum Gasteiger partial charge on any atom is -0.319 e. The first-order valence-electron chi connectivity index (χ1n) is 7.55. The Morgan fingerprint density at radius 3 is 2.32 bits per heavy atom. The number of nitrogens with zero attached hydrogens (tertiary/aromatic N) is 2. The minimum atomic E-state index is -4.59. The molecule has 3 rings (SSSR count). The summed E-state index contributed by atoms with van der Waals surface area (Å²) in [6, 6.07) is 9.81. The van der Waals surface area contributed by atoms with E-state index in [4.69, 9.17) is 0 Å². The van der Waals surface area contributed by atoms with E-state index in [2.05, 4.69) is 10.3 Å². The van der Waals surface area contributed by atoms with Crippen molar-refractivity contribution in [2.45, 2.75) is 25.1 Å². The van der Waals surface area contributed by atoms with Crippen LogP contribution in [0, 0.1) is 0 Å². The first-order chi connectivity index (χ1) is 11.8. The molecule has 1 N–H and O–H groups in total. The summed E-state index contributed by atoms with van der Waals surface area (Å²) in [5.41, 5.74) is -1.74. The Kier molecular flexibility index (Phi) is 3.98. The topological polar surface area (TPSA) is 62.3 Å². The molecule has 1 aromatic carbocycles. The van der Waals surface area contributed by atoms with Crippen molar-refractivity contribution in [1.82, 2.24) is 10.3 Å². The number of halogens is 3. The van der Waals surface area contributed by atoms with Crippen molar-refractivity contribution in [3.8, 4) is 0 Å². The van der Waals surface area contributed by atoms with E-state index in [1.807, 2.05) is 0 Å². The third-order valence-corrected chi connectivity index (χ3v) is 4.19. The number of hydrogen-bond donors (Lipinski definition) is 1. The summed E-state index contributed by atoms with van der Waals surface area (Å²) in [4.78, 5) is 29.4. The van der Waals surface area contributed by atoms with Gasteiger partial charge in [-0.05, 0) is 24.1 Å². The van der Waals surface area contributed by atoms with E-state index >= 15 is 0 Å². The molecule has 0 bridgehead atoms. The monoisotopic (exact) mass is 349 g/mol. The van der Waals surface area contributed by atoms with E-state index < -0.39 is 29.3 Å². The number of amides is 3. The Labute approximate surface area is 141 Å². The van der Waals surface area contributed by atoms with Crippen molar-refractivity contribution in [3.63, 3.8) is 0 Å². The number of carbonyl (C=O) groups is 2. The first-order valence-corrected chi connectivity index (χ1v) is 7.55. The molecule has 25 heavy (non-hydrogen) atoms. The third kappa shape index (κ3) is 2.73. The van der Waals surface area contributed by atoms with Gasteiger partial charge >= 0.3 is 12.2 Å². The van der Waals surface area contributed by atoms with Crippen LogP contribution >= 0.6 is 0 Å². The van der Waals surface area contributed by atoms with Crippen molar-refractivity contribution in [2.75, 3.05) is 4.90 Å². The number of alkyl halides is 3. The average molecular weight is 349 g/mol. The maximum atomic E-state index is 12.9. The Bertz CT molecular complexity index is 806. The van der Waals surface area contributed by atoms with Gasteiger partial charge in [0.15, 0.2) is 0 Å². The SMILES string of the molecule is CCC1(c2ccccc2)NC(=O)N(c2ccc(C(F)(F)F)nc2)C1=O. The molecule has 0 aliphatic carbocycles. The first kappa shape index (κ1) is 16.9. The van der Waals surface area contributed by atoms with Gasteiger partial charge in [-0.3, -0.25) is 4.79 Å². The molecule has 2 aromatic rings. The predicted octanol–water partition coefficient (Wildman–Crippen LogP) is 3.46. The fraction of sp³-hybridized carbons (Fsp3) is 0.235. The zero-order valence-electron chi connectivity index (χ0n) is 13.2. The van der Waals surface area contributed by atoms with Crippen LogP contribution in [-0.4, -0.2) is 16.9 Å². The third-order valence-electron chi connectivity index (χ3n) is 4.19. The molecule has 1 aromatic heterocycles. The lowest BCUT2D eigenvalue weighted by atomic mass is 9.87. The number of rotatable bonds is 3. The Hall–Kier alpha value is -2.90. The fourth-order valence-corrected chi connectivity index (χ4v) is 2.86. The second kappa shape index (κ2) is 5.87. The van der Waals surface area contributed by atoms with Crippen LogP contribution in [0.4, 0.5) is 23.7 Å². The van der Waals surface area contributed by atoms with E-state index in [1.165, 1.54) is 0 Å². The highest BCUT2D eigenvalue weighted by Gasteiger charge is 2.52. The highest BCUT2D eigenvalue weighted by atomic mass is 19.4. The van der Waals surface area contributed by atoms with Crippen LogP contribution in [0.5, 0.6) is 0 Å². The lowest BCUT2D eigenvalue weighted by Crippen LogP contribution is -2.43. The van der Waals surface area contributed by atoms with Crippen LogP contribution in [0.15, 0.2) is 48.7 Å². The number of hydrogen-bond acceptors (Lipinski definition) is 3. The predicted molar refractivity (Wildman–Crippen MR) is 83.7 cm³/mol. The molecule has 5 nitrogen and oxygen atoms in total. The quantitative estimate of drug-likeness (QED) is 0.863. The number of benzene rings is 1. The van der Waals surface area contributed by atoms with Crippen LogP contribution in [0.2, 0.25) is 0 Å². The molecule has 8 heteroatoms. The van der Waals surface area contributed by atoms with Gasteiger partial charge in [0, 0.05) is 0 Å². The average Bonchev–Trinajstić information content (AvgIpc) is 2.86. The van der Waals surface area contributed by atoms with Crippen LogP contribution in [0.25, 0.3) is 0 Å². The molecule has 1 atom stereocenters. The number of nitrogens with one attached hydrogen (secondary N) is 1. The Morgan fingerprint density at radius 1 is 1.12 bits per heavy atom. The van der Waals surface area contributed by atoms with E-state index in [1.54, 1.807) is 37.3 Å². The smallest absolute Gasteiger partial charge is 0.319 e. The van der Waals surface area contributed by atoms with Gasteiger partial charge in [-0.25, -0.2) is 14.7 Å².